The Morgan fingerprint density at radius 3 is 2.26 bits per heavy atom. The number of hydrogen-bond acceptors (Lipinski definition) is 8. The van der Waals surface area contributed by atoms with Gasteiger partial charge in [0, 0.05) is 24.3 Å². The van der Waals surface area contributed by atoms with Gasteiger partial charge in [-0.3, -0.25) is 19.2 Å². The zero-order chi connectivity index (χ0) is 22.7. The SMILES string of the molecule is NC(CCC(=O)NC(CSC(=O)[NH+](O)c1ccccc1)C(=O)NCC(=O)O)C(=O)O.[I-]. The molecule has 31 heavy (non-hydrogen) atoms. The molecule has 172 valence electrons. The summed E-state index contributed by atoms with van der Waals surface area (Å²) in [7, 11) is 0. The van der Waals surface area contributed by atoms with Crippen LogP contribution in [0.5, 0.6) is 0 Å². The summed E-state index contributed by atoms with van der Waals surface area (Å²) in [5.41, 5.74) is 5.59. The van der Waals surface area contributed by atoms with E-state index in [4.69, 9.17) is 15.9 Å². The summed E-state index contributed by atoms with van der Waals surface area (Å²) in [6.07, 6.45) is -0.477. The van der Waals surface area contributed by atoms with Gasteiger partial charge in [0.15, 0.2) is 5.69 Å². The lowest BCUT2D eigenvalue weighted by Gasteiger charge is -2.18. The molecule has 0 aliphatic rings. The first-order valence-corrected chi connectivity index (χ1v) is 9.66. The molecule has 3 atom stereocenters. The number of rotatable bonds is 11. The molecule has 0 bridgehead atoms. The van der Waals surface area contributed by atoms with Crippen LogP contribution < -0.4 is 45.4 Å². The highest BCUT2D eigenvalue weighted by atomic mass is 127. The van der Waals surface area contributed by atoms with E-state index in [0.29, 0.717) is 11.8 Å². The Bertz CT molecular complexity index is 783. The standard InChI is InChI=1S/C17H22N4O8S.HI/c18-11(16(26)27)6-7-13(22)20-12(15(25)19-8-14(23)24)9-30-17(28)21(29)10-4-2-1-3-5-10;/h1-5,11-12,29H,6-9,18H2,(H,19,25)(H,20,22)(H,23,24)(H,26,27);1H. The lowest BCUT2D eigenvalue weighted by molar-refractivity contribution is -0.957. The molecular weight excluding hydrogens is 547 g/mol. The largest absolute Gasteiger partial charge is 1.00 e. The van der Waals surface area contributed by atoms with Crippen LogP contribution in [0.2, 0.25) is 0 Å². The van der Waals surface area contributed by atoms with E-state index in [0.717, 1.165) is 0 Å². The van der Waals surface area contributed by atoms with Crippen LogP contribution in [0.3, 0.4) is 0 Å². The normalized spacial score (nSPS) is 13.1. The Kier molecular flexibility index (Phi) is 13.6. The molecule has 0 aliphatic heterocycles. The molecule has 0 radical (unpaired) electrons. The number of carboxylic acid groups (broad SMARTS) is 2. The number of halogens is 1. The van der Waals surface area contributed by atoms with Crippen LogP contribution in [0.1, 0.15) is 12.8 Å². The molecule has 0 saturated carbocycles. The number of hydrogen-bond donors (Lipinski definition) is 7. The molecule has 0 aliphatic carbocycles. The number of quaternary nitrogens is 1. The number of carboxylic acids is 2. The Morgan fingerprint density at radius 2 is 1.71 bits per heavy atom. The maximum absolute atomic E-state index is 12.2. The van der Waals surface area contributed by atoms with Gasteiger partial charge in [0.1, 0.15) is 18.6 Å². The molecule has 14 heteroatoms. The number of hydroxylamine groups is 1. The average molecular weight is 570 g/mol. The van der Waals surface area contributed by atoms with Crippen LogP contribution in [0.15, 0.2) is 30.3 Å². The molecule has 0 heterocycles. The molecule has 3 unspecified atom stereocenters. The maximum Gasteiger partial charge on any atom is 0.410 e. The summed E-state index contributed by atoms with van der Waals surface area (Å²) in [5, 5.41) is 30.5. The summed E-state index contributed by atoms with van der Waals surface area (Å²) in [6, 6.07) is 5.40. The molecule has 0 spiro atoms. The van der Waals surface area contributed by atoms with Gasteiger partial charge in [0.05, 0.1) is 0 Å². The van der Waals surface area contributed by atoms with E-state index in [1.54, 1.807) is 18.2 Å². The number of nitrogens with two attached hydrogens (primary N) is 1. The molecule has 0 fully saturated rings. The van der Waals surface area contributed by atoms with Gasteiger partial charge in [0.2, 0.25) is 11.8 Å². The highest BCUT2D eigenvalue weighted by Gasteiger charge is 2.27. The Balaban J connectivity index is 0.00000900. The van der Waals surface area contributed by atoms with Crippen LogP contribution in [-0.4, -0.2) is 68.8 Å². The third-order valence-corrected chi connectivity index (χ3v) is 4.64. The lowest BCUT2D eigenvalue weighted by Crippen LogP contribution is -3.06. The quantitative estimate of drug-likeness (QED) is 0.0771. The zero-order valence-electron chi connectivity index (χ0n) is 16.1. The molecule has 0 aromatic heterocycles. The monoisotopic (exact) mass is 570 g/mol. The average Bonchev–Trinajstić information content (AvgIpc) is 2.72. The predicted molar refractivity (Wildman–Crippen MR) is 104 cm³/mol. The molecule has 8 N–H and O–H groups in total. The van der Waals surface area contributed by atoms with Gasteiger partial charge >= 0.3 is 17.2 Å². The maximum atomic E-state index is 12.2. The van der Waals surface area contributed by atoms with E-state index >= 15 is 0 Å². The first kappa shape index (κ1) is 28.7. The number of benzene rings is 1. The molecular formula is C17H23IN4O8S. The fourth-order valence-electron chi connectivity index (χ4n) is 2.09. The molecule has 12 nitrogen and oxygen atoms in total. The van der Waals surface area contributed by atoms with Crippen molar-refractivity contribution in [2.24, 2.45) is 5.73 Å². The summed E-state index contributed by atoms with van der Waals surface area (Å²) in [4.78, 5) is 57.7. The van der Waals surface area contributed by atoms with Gasteiger partial charge < -0.3 is 50.6 Å². The summed E-state index contributed by atoms with van der Waals surface area (Å²) in [6.45, 7) is -0.699. The molecule has 1 aromatic rings. The number of thioether (sulfide) groups is 1. The minimum absolute atomic E-state index is 0. The smallest absolute Gasteiger partial charge is 0.410 e. The number of nitrogens with one attached hydrogen (secondary N) is 3. The topological polar surface area (TPSA) is 201 Å². The van der Waals surface area contributed by atoms with E-state index in [1.165, 1.54) is 12.1 Å². The van der Waals surface area contributed by atoms with Gasteiger partial charge in [0.25, 0.3) is 0 Å². The Morgan fingerprint density at radius 1 is 1.10 bits per heavy atom. The van der Waals surface area contributed by atoms with Gasteiger partial charge in [-0.2, -0.15) is 0 Å². The predicted octanol–water partition coefficient (Wildman–Crippen LogP) is -4.67. The van der Waals surface area contributed by atoms with E-state index < -0.39 is 52.7 Å². The third kappa shape index (κ3) is 11.1. The van der Waals surface area contributed by atoms with Crippen molar-refractivity contribution in [2.75, 3.05) is 12.3 Å². The van der Waals surface area contributed by atoms with Gasteiger partial charge in [-0.15, -0.1) is 0 Å². The van der Waals surface area contributed by atoms with Crippen LogP contribution in [0, 0.1) is 0 Å². The van der Waals surface area contributed by atoms with Gasteiger partial charge in [-0.05, 0) is 18.2 Å². The fourth-order valence-corrected chi connectivity index (χ4v) is 2.89. The van der Waals surface area contributed by atoms with Crippen molar-refractivity contribution in [3.05, 3.63) is 30.3 Å². The van der Waals surface area contributed by atoms with Gasteiger partial charge in [-0.25, -0.2) is 10.0 Å². The number of aliphatic carboxylic acids is 2. The van der Waals surface area contributed by atoms with E-state index in [-0.39, 0.29) is 48.3 Å². The first-order valence-electron chi connectivity index (χ1n) is 8.67. The van der Waals surface area contributed by atoms with Crippen molar-refractivity contribution < 1.29 is 68.4 Å². The summed E-state index contributed by atoms with van der Waals surface area (Å²) < 4.78 is 0. The van der Waals surface area contributed by atoms with Crippen LogP contribution in [0.25, 0.3) is 0 Å². The fraction of sp³-hybridized carbons (Fsp3) is 0.353. The molecule has 0 saturated heterocycles. The second-order valence-electron chi connectivity index (χ2n) is 6.03. The van der Waals surface area contributed by atoms with Crippen molar-refractivity contribution in [1.29, 1.82) is 0 Å². The van der Waals surface area contributed by atoms with Crippen LogP contribution >= 0.6 is 11.8 Å². The Hall–Kier alpha value is -2.27. The van der Waals surface area contributed by atoms with E-state index in [2.05, 4.69) is 10.6 Å². The Labute approximate surface area is 198 Å². The molecule has 3 amide bonds. The third-order valence-electron chi connectivity index (χ3n) is 3.69. The van der Waals surface area contributed by atoms with E-state index in [9.17, 15) is 29.2 Å². The zero-order valence-corrected chi connectivity index (χ0v) is 19.1. The molecule has 1 aromatic carbocycles. The van der Waals surface area contributed by atoms with Crippen molar-refractivity contribution in [3.8, 4) is 0 Å². The highest BCUT2D eigenvalue weighted by Crippen LogP contribution is 2.07. The van der Waals surface area contributed by atoms with Crippen LogP contribution in [-0.2, 0) is 19.2 Å². The van der Waals surface area contributed by atoms with Crippen molar-refractivity contribution in [1.82, 2.24) is 10.6 Å². The number of amides is 3. The summed E-state index contributed by atoms with van der Waals surface area (Å²) in [5.74, 6) is -4.44. The number of para-hydroxylation sites is 1. The minimum atomic E-state index is -1.31. The first-order chi connectivity index (χ1) is 14.1. The second kappa shape index (κ2) is 14.7. The number of carbonyl (C=O) groups is 5. The van der Waals surface area contributed by atoms with Crippen molar-refractivity contribution in [2.45, 2.75) is 24.9 Å². The molecule has 1 rings (SSSR count). The summed E-state index contributed by atoms with van der Waals surface area (Å²) >= 11 is 0.554. The lowest BCUT2D eigenvalue weighted by atomic mass is 10.1. The minimum Gasteiger partial charge on any atom is -1.00 e. The van der Waals surface area contributed by atoms with Gasteiger partial charge in [-0.1, -0.05) is 23.3 Å². The van der Waals surface area contributed by atoms with Crippen molar-refractivity contribution >= 4 is 46.4 Å². The van der Waals surface area contributed by atoms with Crippen LogP contribution in [0.4, 0.5) is 10.5 Å². The second-order valence-corrected chi connectivity index (χ2v) is 7.02. The van der Waals surface area contributed by atoms with Crippen molar-refractivity contribution in [3.63, 3.8) is 0 Å². The highest BCUT2D eigenvalue weighted by molar-refractivity contribution is 8.13. The number of carbonyl (C=O) groups excluding carboxylic acids is 3. The van der Waals surface area contributed by atoms with E-state index in [1.807, 2.05) is 0 Å².